The fourth-order valence-electron chi connectivity index (χ4n) is 3.76. The van der Waals surface area contributed by atoms with Gasteiger partial charge < -0.3 is 33.9 Å². The van der Waals surface area contributed by atoms with Crippen molar-refractivity contribution >= 4 is 20.2 Å². The molecule has 0 fully saturated rings. The van der Waals surface area contributed by atoms with E-state index in [0.717, 1.165) is 0 Å². The summed E-state index contributed by atoms with van der Waals surface area (Å²) < 4.78 is 118. The van der Waals surface area contributed by atoms with E-state index in [0.29, 0.717) is 0 Å². The van der Waals surface area contributed by atoms with E-state index in [1.54, 1.807) is 0 Å². The molecule has 4 aromatic carbocycles. The molecular weight excluding hydrogens is 960 g/mol. The fraction of sp³-hybridized carbons (Fsp3) is 0.444. The second-order valence-corrected chi connectivity index (χ2v) is 14.3. The molecule has 304 valence electrons. The molecule has 0 aliphatic heterocycles. The minimum Gasteiger partial charge on any atom is -1.00 e. The maximum Gasteiger partial charge on any atom is 4.00 e. The first-order valence-electron chi connectivity index (χ1n) is 15.6. The molecule has 0 spiro atoms. The second-order valence-electron chi connectivity index (χ2n) is 11.5. The molecule has 0 N–H and O–H groups in total. The molecule has 54 heavy (non-hydrogen) atoms. The van der Waals surface area contributed by atoms with Gasteiger partial charge in [0.05, 0.1) is 0 Å². The molecule has 0 unspecified atom stereocenters. The van der Waals surface area contributed by atoms with Crippen LogP contribution >= 0.6 is 0 Å². The second kappa shape index (κ2) is 32.1. The zero-order chi connectivity index (χ0) is 39.3. The third kappa shape index (κ3) is 34.4. The molecule has 0 radical (unpaired) electrons. The third-order valence-corrected chi connectivity index (χ3v) is 7.41. The molecule has 0 atom stereocenters. The molecule has 0 aromatic heterocycles. The monoisotopic (exact) mass is 1000 g/mol. The van der Waals surface area contributed by atoms with Crippen LogP contribution in [0.15, 0.2) is 72.8 Å². The molecule has 0 saturated heterocycles. The summed E-state index contributed by atoms with van der Waals surface area (Å²) >= 11 is 0. The molecule has 18 heteroatoms. The summed E-state index contributed by atoms with van der Waals surface area (Å²) in [6, 6.07) is 26.2. The molecule has 0 heterocycles. The summed E-state index contributed by atoms with van der Waals surface area (Å²) in [6.07, 6.45) is 7.75. The first kappa shape index (κ1) is 65.0. The van der Waals surface area contributed by atoms with E-state index in [-0.39, 0.29) is 77.2 Å². The van der Waals surface area contributed by atoms with Gasteiger partial charge in [0, 0.05) is 0 Å². The van der Waals surface area contributed by atoms with Gasteiger partial charge in [-0.15, -0.1) is 0 Å². The van der Waals surface area contributed by atoms with E-state index in [4.69, 9.17) is 25.9 Å². The van der Waals surface area contributed by atoms with Crippen LogP contribution in [-0.4, -0.2) is 37.0 Å². The first-order valence-corrected chi connectivity index (χ1v) is 18.4. The average Bonchev–Trinajstić information content (AvgIpc) is 3.76. The van der Waals surface area contributed by atoms with E-state index in [1.165, 1.54) is 83.0 Å². The average molecular weight is 1010 g/mol. The number of aryl methyl sites for hydroxylation is 8. The Labute approximate surface area is 368 Å². The SMILES string of the molecule is CCCCc1cc[c-](C)c1.CCCCc1cc[c-](C)c1.Cc1cc[c-](C)c1.Cc1cc[c-](C)c1.O=S(=O)([O-])C(F)(F)F.O=S(=O)([O-])C(F)(F)F.[Cl-].[Cl-].[Zr+4].[Zr+4]. The Hall–Kier alpha value is -0.854. The van der Waals surface area contributed by atoms with Crippen LogP contribution < -0.4 is 24.8 Å². The Morgan fingerprint density at radius 2 is 0.759 bits per heavy atom. The van der Waals surface area contributed by atoms with Crippen molar-refractivity contribution < 1.29 is 130 Å². The van der Waals surface area contributed by atoms with Gasteiger partial charge in [0.1, 0.15) is 0 Å². The number of hydrogen-bond acceptors (Lipinski definition) is 6. The first-order chi connectivity index (χ1) is 22.7. The molecule has 0 saturated carbocycles. The number of halogens is 8. The van der Waals surface area contributed by atoms with E-state index < -0.39 is 31.3 Å². The summed E-state index contributed by atoms with van der Waals surface area (Å²) in [5, 5.41) is 0. The normalized spacial score (nSPS) is 10.4. The molecule has 0 aliphatic rings. The van der Waals surface area contributed by atoms with Crippen LogP contribution in [0, 0.1) is 41.5 Å². The predicted octanol–water partition coefficient (Wildman–Crippen LogP) is 4.26. The van der Waals surface area contributed by atoms with Crippen molar-refractivity contribution in [3.05, 3.63) is 117 Å². The maximum atomic E-state index is 10.7. The van der Waals surface area contributed by atoms with Crippen LogP contribution in [-0.2, 0) is 85.5 Å². The predicted molar refractivity (Wildman–Crippen MR) is 185 cm³/mol. The van der Waals surface area contributed by atoms with Crippen molar-refractivity contribution in [3.63, 3.8) is 0 Å². The Morgan fingerprint density at radius 1 is 0.537 bits per heavy atom. The molecule has 0 aliphatic carbocycles. The van der Waals surface area contributed by atoms with E-state index >= 15 is 0 Å². The van der Waals surface area contributed by atoms with Gasteiger partial charge >= 0.3 is 63.4 Å². The smallest absolute Gasteiger partial charge is 1.00 e. The van der Waals surface area contributed by atoms with E-state index in [2.05, 4.69) is 128 Å². The van der Waals surface area contributed by atoms with Crippen molar-refractivity contribution in [2.45, 2.75) is 105 Å². The number of rotatable bonds is 6. The topological polar surface area (TPSA) is 114 Å². The fourth-order valence-corrected chi connectivity index (χ4v) is 3.76. The number of alkyl halides is 6. The molecule has 4 rings (SSSR count). The number of unbranched alkanes of at least 4 members (excludes halogenated alkanes) is 2. The van der Waals surface area contributed by atoms with Crippen LogP contribution in [0.5, 0.6) is 0 Å². The molecule has 4 aromatic rings. The third-order valence-electron chi connectivity index (χ3n) is 6.28. The van der Waals surface area contributed by atoms with Gasteiger partial charge in [0.15, 0.2) is 20.2 Å². The van der Waals surface area contributed by atoms with Gasteiger partial charge in [-0.3, -0.25) is 0 Å². The van der Waals surface area contributed by atoms with Crippen LogP contribution in [0.2, 0.25) is 0 Å². The summed E-state index contributed by atoms with van der Waals surface area (Å²) in [4.78, 5) is 0. The quantitative estimate of drug-likeness (QED) is 0.124. The Bertz CT molecular complexity index is 1540. The maximum absolute atomic E-state index is 10.7. The van der Waals surface area contributed by atoms with Crippen LogP contribution in [0.1, 0.15) is 84.0 Å². The van der Waals surface area contributed by atoms with Crippen molar-refractivity contribution in [3.8, 4) is 0 Å². The Kier molecular flexibility index (Phi) is 38.7. The van der Waals surface area contributed by atoms with Gasteiger partial charge in [0.25, 0.3) is 0 Å². The van der Waals surface area contributed by atoms with Gasteiger partial charge in [0.2, 0.25) is 0 Å². The van der Waals surface area contributed by atoms with Crippen LogP contribution in [0.3, 0.4) is 0 Å². The molecule has 6 nitrogen and oxygen atoms in total. The molecular formula is C36H48Cl2F6O6S2Zr2. The summed E-state index contributed by atoms with van der Waals surface area (Å²) in [7, 11) is -12.2. The standard InChI is InChI=1S/2C10H15.2C7H9.2CHF3O3S.2ClH.2Zr/c2*1-3-4-5-10-7-6-9(2)8-10;2*1-6-3-4-7(2)5-6;2*2-1(3,4)8(5,6)7;;;;/h2*6-8H,3-5H2,1-2H3;2*3-5H,1-2H3;2*(H,5,6,7);2*1H;;/q4*-1;;;;;2*+4/p-4. The minimum absolute atomic E-state index is 0. The van der Waals surface area contributed by atoms with Crippen molar-refractivity contribution in [2.75, 3.05) is 0 Å². The summed E-state index contributed by atoms with van der Waals surface area (Å²) in [5.74, 6) is 0. The van der Waals surface area contributed by atoms with Crippen LogP contribution in [0.4, 0.5) is 26.3 Å². The minimum atomic E-state index is -6.09. The Morgan fingerprint density at radius 3 is 0.870 bits per heavy atom. The largest absolute Gasteiger partial charge is 4.00 e. The van der Waals surface area contributed by atoms with Gasteiger partial charge in [-0.25, -0.2) is 52.2 Å². The summed E-state index contributed by atoms with van der Waals surface area (Å²) in [6.45, 7) is 17.2. The molecule has 0 bridgehead atoms. The van der Waals surface area contributed by atoms with Gasteiger partial charge in [-0.2, -0.15) is 108 Å². The van der Waals surface area contributed by atoms with Crippen LogP contribution in [0.25, 0.3) is 0 Å². The number of hydrogen-bond donors (Lipinski definition) is 0. The van der Waals surface area contributed by atoms with Crippen molar-refractivity contribution in [2.24, 2.45) is 0 Å². The molecule has 0 amide bonds. The Balaban J connectivity index is -0.000000127. The van der Waals surface area contributed by atoms with E-state index in [9.17, 15) is 26.3 Å². The summed E-state index contributed by atoms with van der Waals surface area (Å²) in [5.41, 5.74) is -0.0686. The van der Waals surface area contributed by atoms with Crippen molar-refractivity contribution in [1.82, 2.24) is 0 Å². The zero-order valence-corrected chi connectivity index (χ0v) is 39.5. The van der Waals surface area contributed by atoms with Gasteiger partial charge in [-0.05, 0) is 0 Å². The zero-order valence-electron chi connectivity index (χ0n) is 31.5. The van der Waals surface area contributed by atoms with E-state index in [1.807, 2.05) is 0 Å². The van der Waals surface area contributed by atoms with Crippen molar-refractivity contribution in [1.29, 1.82) is 0 Å². The van der Waals surface area contributed by atoms with Gasteiger partial charge in [-0.1, -0.05) is 93.9 Å².